The average molecular weight is 319 g/mol. The van der Waals surface area contributed by atoms with E-state index in [1.54, 1.807) is 0 Å². The van der Waals surface area contributed by atoms with Gasteiger partial charge in [0.25, 0.3) is 0 Å². The summed E-state index contributed by atoms with van der Waals surface area (Å²) in [5.74, 6) is 0.110. The molecular formula is C14H17ClF2N2O2. The largest absolute Gasteiger partial charge is 0.433 e. The van der Waals surface area contributed by atoms with Crippen LogP contribution in [0.1, 0.15) is 19.3 Å². The molecule has 1 saturated heterocycles. The topological polar surface area (TPSA) is 50.4 Å². The van der Waals surface area contributed by atoms with Crippen molar-refractivity contribution in [1.29, 1.82) is 0 Å². The van der Waals surface area contributed by atoms with Crippen LogP contribution in [0.3, 0.4) is 0 Å². The van der Waals surface area contributed by atoms with E-state index >= 15 is 0 Å². The van der Waals surface area contributed by atoms with Gasteiger partial charge in [0.15, 0.2) is 0 Å². The minimum atomic E-state index is -2.93. The molecule has 1 unspecified atom stereocenters. The Morgan fingerprint density at radius 2 is 2.33 bits per heavy atom. The van der Waals surface area contributed by atoms with Crippen LogP contribution in [0.2, 0.25) is 5.02 Å². The highest BCUT2D eigenvalue weighted by atomic mass is 35.5. The zero-order valence-electron chi connectivity index (χ0n) is 11.4. The molecule has 2 N–H and O–H groups in total. The molecule has 0 aromatic heterocycles. The SMILES string of the molecule is O=C(CC1CCCNC1)Nc1ccc(OC(F)F)c(Cl)c1. The van der Waals surface area contributed by atoms with Crippen molar-refractivity contribution < 1.29 is 18.3 Å². The Hall–Kier alpha value is -1.40. The molecule has 1 fully saturated rings. The minimum absolute atomic E-state index is 0.0347. The number of benzene rings is 1. The van der Waals surface area contributed by atoms with Gasteiger partial charge in [0.2, 0.25) is 5.91 Å². The molecule has 1 aliphatic heterocycles. The molecule has 1 heterocycles. The van der Waals surface area contributed by atoms with E-state index in [9.17, 15) is 13.6 Å². The summed E-state index contributed by atoms with van der Waals surface area (Å²) in [5.41, 5.74) is 0.468. The van der Waals surface area contributed by atoms with Gasteiger partial charge in [-0.15, -0.1) is 0 Å². The van der Waals surface area contributed by atoms with Crippen LogP contribution in [0.5, 0.6) is 5.75 Å². The van der Waals surface area contributed by atoms with Crippen molar-refractivity contribution in [1.82, 2.24) is 5.32 Å². The lowest BCUT2D eigenvalue weighted by atomic mass is 9.96. The molecule has 1 aromatic rings. The van der Waals surface area contributed by atoms with Gasteiger partial charge in [-0.1, -0.05) is 11.6 Å². The van der Waals surface area contributed by atoms with Crippen LogP contribution in [0, 0.1) is 5.92 Å². The third-order valence-corrected chi connectivity index (χ3v) is 3.60. The summed E-state index contributed by atoms with van der Waals surface area (Å²) < 4.78 is 28.5. The maximum atomic E-state index is 12.1. The number of carbonyl (C=O) groups excluding carboxylic acids is 1. The molecule has 0 bridgehead atoms. The molecule has 7 heteroatoms. The number of alkyl halides is 2. The monoisotopic (exact) mass is 318 g/mol. The normalized spacial score (nSPS) is 18.6. The summed E-state index contributed by atoms with van der Waals surface area (Å²) in [7, 11) is 0. The van der Waals surface area contributed by atoms with Crippen LogP contribution in [-0.2, 0) is 4.79 Å². The van der Waals surface area contributed by atoms with Crippen LogP contribution >= 0.6 is 11.6 Å². The highest BCUT2D eigenvalue weighted by Crippen LogP contribution is 2.29. The Labute approximate surface area is 126 Å². The van der Waals surface area contributed by atoms with E-state index in [0.717, 1.165) is 25.9 Å². The number of ether oxygens (including phenoxy) is 1. The number of nitrogens with one attached hydrogen (secondary N) is 2. The fourth-order valence-electron chi connectivity index (χ4n) is 2.34. The molecule has 0 radical (unpaired) electrons. The lowest BCUT2D eigenvalue weighted by Crippen LogP contribution is -2.32. The van der Waals surface area contributed by atoms with Crippen molar-refractivity contribution in [3.63, 3.8) is 0 Å². The fraction of sp³-hybridized carbons (Fsp3) is 0.500. The number of halogens is 3. The lowest BCUT2D eigenvalue weighted by molar-refractivity contribution is -0.117. The average Bonchev–Trinajstić information content (AvgIpc) is 2.42. The van der Waals surface area contributed by atoms with Crippen molar-refractivity contribution in [2.75, 3.05) is 18.4 Å². The first-order chi connectivity index (χ1) is 10.0. The Morgan fingerprint density at radius 1 is 1.52 bits per heavy atom. The van der Waals surface area contributed by atoms with E-state index in [0.29, 0.717) is 18.0 Å². The van der Waals surface area contributed by atoms with Crippen LogP contribution in [0.4, 0.5) is 14.5 Å². The third-order valence-electron chi connectivity index (χ3n) is 3.30. The van der Waals surface area contributed by atoms with Crippen LogP contribution in [0.15, 0.2) is 18.2 Å². The molecule has 116 valence electrons. The number of amides is 1. The van der Waals surface area contributed by atoms with E-state index in [-0.39, 0.29) is 16.7 Å². The molecule has 0 aliphatic carbocycles. The van der Waals surface area contributed by atoms with Gasteiger partial charge >= 0.3 is 6.61 Å². The van der Waals surface area contributed by atoms with Gasteiger partial charge in [0.05, 0.1) is 5.02 Å². The van der Waals surface area contributed by atoms with E-state index in [1.165, 1.54) is 18.2 Å². The second kappa shape index (κ2) is 7.56. The third kappa shape index (κ3) is 5.13. The quantitative estimate of drug-likeness (QED) is 0.876. The van der Waals surface area contributed by atoms with Crippen molar-refractivity contribution >= 4 is 23.2 Å². The first kappa shape index (κ1) is 16.0. The molecule has 0 spiro atoms. The number of rotatable bonds is 5. The summed E-state index contributed by atoms with van der Waals surface area (Å²) in [5, 5.41) is 6.00. The molecule has 2 rings (SSSR count). The second-order valence-electron chi connectivity index (χ2n) is 4.99. The van der Waals surface area contributed by atoms with Gasteiger partial charge in [-0.25, -0.2) is 0 Å². The number of carbonyl (C=O) groups is 1. The van der Waals surface area contributed by atoms with Crippen molar-refractivity contribution in [2.24, 2.45) is 5.92 Å². The molecule has 21 heavy (non-hydrogen) atoms. The first-order valence-electron chi connectivity index (χ1n) is 6.79. The van der Waals surface area contributed by atoms with E-state index < -0.39 is 6.61 Å². The fourth-order valence-corrected chi connectivity index (χ4v) is 2.57. The van der Waals surface area contributed by atoms with Gasteiger partial charge in [0, 0.05) is 12.1 Å². The maximum absolute atomic E-state index is 12.1. The number of piperidine rings is 1. The lowest BCUT2D eigenvalue weighted by Gasteiger charge is -2.22. The van der Waals surface area contributed by atoms with Crippen LogP contribution in [0.25, 0.3) is 0 Å². The van der Waals surface area contributed by atoms with Gasteiger partial charge in [0.1, 0.15) is 5.75 Å². The smallest absolute Gasteiger partial charge is 0.387 e. The van der Waals surface area contributed by atoms with E-state index in [2.05, 4.69) is 15.4 Å². The molecule has 1 aromatic carbocycles. The Morgan fingerprint density at radius 3 is 2.95 bits per heavy atom. The maximum Gasteiger partial charge on any atom is 0.387 e. The van der Waals surface area contributed by atoms with E-state index in [4.69, 9.17) is 11.6 Å². The van der Waals surface area contributed by atoms with Crippen LogP contribution in [-0.4, -0.2) is 25.6 Å². The first-order valence-corrected chi connectivity index (χ1v) is 7.17. The van der Waals surface area contributed by atoms with Gasteiger partial charge in [-0.2, -0.15) is 8.78 Å². The predicted molar refractivity (Wildman–Crippen MR) is 76.9 cm³/mol. The van der Waals surface area contributed by atoms with Crippen molar-refractivity contribution in [3.05, 3.63) is 23.2 Å². The standard InChI is InChI=1S/C14H17ClF2N2O2/c15-11-7-10(3-4-12(11)21-14(16)17)19-13(20)6-9-2-1-5-18-8-9/h3-4,7,9,14,18H,1-2,5-6,8H2,(H,19,20). The Bertz CT molecular complexity index is 494. The molecule has 1 atom stereocenters. The van der Waals surface area contributed by atoms with Gasteiger partial charge < -0.3 is 15.4 Å². The minimum Gasteiger partial charge on any atom is -0.433 e. The molecule has 1 aliphatic rings. The van der Waals surface area contributed by atoms with Gasteiger partial charge in [-0.05, 0) is 50.0 Å². The summed E-state index contributed by atoms with van der Waals surface area (Å²) in [6.07, 6.45) is 2.53. The Kier molecular flexibility index (Phi) is 5.76. The van der Waals surface area contributed by atoms with Crippen LogP contribution < -0.4 is 15.4 Å². The number of anilines is 1. The van der Waals surface area contributed by atoms with Gasteiger partial charge in [-0.3, -0.25) is 4.79 Å². The second-order valence-corrected chi connectivity index (χ2v) is 5.40. The zero-order valence-corrected chi connectivity index (χ0v) is 12.1. The summed E-state index contributed by atoms with van der Waals surface area (Å²) in [6.45, 7) is -1.09. The summed E-state index contributed by atoms with van der Waals surface area (Å²) >= 11 is 5.83. The number of hydrogen-bond acceptors (Lipinski definition) is 3. The number of hydrogen-bond donors (Lipinski definition) is 2. The predicted octanol–water partition coefficient (Wildman–Crippen LogP) is 3.27. The summed E-state index contributed by atoms with van der Waals surface area (Å²) in [4.78, 5) is 11.9. The highest BCUT2D eigenvalue weighted by molar-refractivity contribution is 6.32. The van der Waals surface area contributed by atoms with E-state index in [1.807, 2.05) is 0 Å². The molecule has 1 amide bonds. The highest BCUT2D eigenvalue weighted by Gasteiger charge is 2.17. The Balaban J connectivity index is 1.89. The van der Waals surface area contributed by atoms with Crippen molar-refractivity contribution in [3.8, 4) is 5.75 Å². The molecular weight excluding hydrogens is 302 g/mol. The molecule has 0 saturated carbocycles. The van der Waals surface area contributed by atoms with Crippen molar-refractivity contribution in [2.45, 2.75) is 25.9 Å². The molecule has 4 nitrogen and oxygen atoms in total. The zero-order chi connectivity index (χ0) is 15.2. The summed E-state index contributed by atoms with van der Waals surface area (Å²) in [6, 6.07) is 4.20.